The first-order valence-corrected chi connectivity index (χ1v) is 12.7. The number of nitrogens with zero attached hydrogens (tertiary/aromatic N) is 1. The lowest BCUT2D eigenvalue weighted by Crippen LogP contribution is -2.27. The van der Waals surface area contributed by atoms with Crippen LogP contribution in [0.25, 0.3) is 6.08 Å². The molecule has 0 atom stereocenters. The fourth-order valence-corrected chi connectivity index (χ4v) is 4.88. The Morgan fingerprint density at radius 3 is 2.38 bits per heavy atom. The lowest BCUT2D eigenvalue weighted by Gasteiger charge is -2.14. The molecule has 1 saturated heterocycles. The Morgan fingerprint density at radius 1 is 1.00 bits per heavy atom. The zero-order valence-electron chi connectivity index (χ0n) is 19.3. The number of hydrogen-bond donors (Lipinski definition) is 1. The van der Waals surface area contributed by atoms with Crippen LogP contribution in [0, 0.1) is 0 Å². The monoisotopic (exact) mass is 576 g/mol. The van der Waals surface area contributed by atoms with Crippen molar-refractivity contribution < 1.29 is 23.9 Å². The van der Waals surface area contributed by atoms with Gasteiger partial charge >= 0.3 is 0 Å². The van der Waals surface area contributed by atoms with E-state index < -0.39 is 11.1 Å². The molecule has 4 rings (SSSR count). The van der Waals surface area contributed by atoms with Gasteiger partial charge in [0.1, 0.15) is 0 Å². The van der Waals surface area contributed by atoms with E-state index in [4.69, 9.17) is 44.3 Å². The zero-order chi connectivity index (χ0) is 26.5. The van der Waals surface area contributed by atoms with Crippen molar-refractivity contribution in [3.05, 3.63) is 91.8 Å². The summed E-state index contributed by atoms with van der Waals surface area (Å²) < 4.78 is 11.0. The largest absolute Gasteiger partial charge is 0.493 e. The molecule has 0 bridgehead atoms. The Balaban J connectivity index is 1.43. The number of benzene rings is 3. The molecule has 0 spiro atoms. The molecule has 1 N–H and O–H groups in total. The van der Waals surface area contributed by atoms with Gasteiger partial charge in [-0.1, -0.05) is 46.9 Å². The van der Waals surface area contributed by atoms with Gasteiger partial charge in [-0.25, -0.2) is 0 Å². The average molecular weight is 578 g/mol. The molecule has 0 saturated carbocycles. The van der Waals surface area contributed by atoms with Gasteiger partial charge in [-0.2, -0.15) is 0 Å². The van der Waals surface area contributed by atoms with E-state index in [0.29, 0.717) is 43.4 Å². The Morgan fingerprint density at radius 2 is 1.70 bits per heavy atom. The third-order valence-corrected chi connectivity index (χ3v) is 7.09. The van der Waals surface area contributed by atoms with Crippen LogP contribution in [0.1, 0.15) is 11.1 Å². The third-order valence-electron chi connectivity index (χ3n) is 5.22. The number of thioether (sulfide) groups is 1. The maximum absolute atomic E-state index is 12.9. The molecular weight excluding hydrogens is 559 g/mol. The van der Waals surface area contributed by atoms with Gasteiger partial charge < -0.3 is 14.8 Å². The molecule has 11 heteroatoms. The van der Waals surface area contributed by atoms with Gasteiger partial charge in [-0.05, 0) is 71.9 Å². The molecule has 1 heterocycles. The smallest absolute Gasteiger partial charge is 0.293 e. The van der Waals surface area contributed by atoms with Crippen molar-refractivity contribution in [1.82, 2.24) is 4.90 Å². The highest BCUT2D eigenvalue weighted by Crippen LogP contribution is 2.37. The molecule has 3 amide bonds. The fraction of sp³-hybridized carbons (Fsp3) is 0.115. The molecule has 7 nitrogen and oxygen atoms in total. The molecule has 3 aromatic carbocycles. The topological polar surface area (TPSA) is 84.9 Å². The van der Waals surface area contributed by atoms with E-state index in [2.05, 4.69) is 5.32 Å². The molecule has 0 aromatic heterocycles. The van der Waals surface area contributed by atoms with Gasteiger partial charge in [0.15, 0.2) is 18.1 Å². The van der Waals surface area contributed by atoms with Crippen LogP contribution in [-0.4, -0.2) is 35.7 Å². The Kier molecular flexibility index (Phi) is 8.66. The van der Waals surface area contributed by atoms with Crippen molar-refractivity contribution in [3.63, 3.8) is 0 Å². The second-order valence-corrected chi connectivity index (χ2v) is 9.97. The summed E-state index contributed by atoms with van der Waals surface area (Å²) in [5.41, 5.74) is 1.69. The van der Waals surface area contributed by atoms with Gasteiger partial charge in [0.2, 0.25) is 0 Å². The van der Waals surface area contributed by atoms with Crippen molar-refractivity contribution in [2.24, 2.45) is 0 Å². The van der Waals surface area contributed by atoms with E-state index in [1.807, 2.05) is 0 Å². The lowest BCUT2D eigenvalue weighted by atomic mass is 10.1. The van der Waals surface area contributed by atoms with Crippen LogP contribution < -0.4 is 14.8 Å². The van der Waals surface area contributed by atoms with E-state index in [1.54, 1.807) is 66.7 Å². The first-order chi connectivity index (χ1) is 17.7. The van der Waals surface area contributed by atoms with Crippen LogP contribution in [0.2, 0.25) is 15.1 Å². The summed E-state index contributed by atoms with van der Waals surface area (Å²) in [6.45, 7) is -0.281. The van der Waals surface area contributed by atoms with Crippen LogP contribution >= 0.6 is 46.6 Å². The molecule has 37 heavy (non-hydrogen) atoms. The molecule has 190 valence electrons. The molecular formula is C26H19Cl3N2O5S. The average Bonchev–Trinajstić information content (AvgIpc) is 3.13. The van der Waals surface area contributed by atoms with Crippen LogP contribution in [0.4, 0.5) is 10.5 Å². The van der Waals surface area contributed by atoms with E-state index >= 15 is 0 Å². The van der Waals surface area contributed by atoms with Crippen LogP contribution in [0.5, 0.6) is 11.5 Å². The number of rotatable bonds is 8. The number of imide groups is 1. The number of amides is 3. The summed E-state index contributed by atoms with van der Waals surface area (Å²) in [5.74, 6) is -0.118. The highest BCUT2D eigenvalue weighted by atomic mass is 35.5. The van der Waals surface area contributed by atoms with Crippen molar-refractivity contribution in [2.75, 3.05) is 19.0 Å². The van der Waals surface area contributed by atoms with Gasteiger partial charge in [0, 0.05) is 26.3 Å². The summed E-state index contributed by atoms with van der Waals surface area (Å²) in [5, 5.41) is 3.59. The highest BCUT2D eigenvalue weighted by molar-refractivity contribution is 8.18. The molecule has 3 aromatic rings. The summed E-state index contributed by atoms with van der Waals surface area (Å²) in [6, 6.07) is 16.6. The Bertz CT molecular complexity index is 1380. The summed E-state index contributed by atoms with van der Waals surface area (Å²) in [7, 11) is 1.46. The van der Waals surface area contributed by atoms with E-state index in [0.717, 1.165) is 16.7 Å². The summed E-state index contributed by atoms with van der Waals surface area (Å²) in [4.78, 5) is 39.0. The highest BCUT2D eigenvalue weighted by Gasteiger charge is 2.35. The number of nitrogens with one attached hydrogen (secondary N) is 1. The van der Waals surface area contributed by atoms with Crippen LogP contribution in [0.3, 0.4) is 0 Å². The maximum Gasteiger partial charge on any atom is 0.293 e. The van der Waals surface area contributed by atoms with Crippen molar-refractivity contribution in [1.29, 1.82) is 0 Å². The molecule has 0 radical (unpaired) electrons. The second kappa shape index (κ2) is 11.9. The Hall–Kier alpha value is -3.17. The number of hydrogen-bond acceptors (Lipinski definition) is 6. The number of halogens is 3. The normalized spacial score (nSPS) is 14.3. The van der Waals surface area contributed by atoms with E-state index in [1.165, 1.54) is 7.11 Å². The molecule has 1 fully saturated rings. The summed E-state index contributed by atoms with van der Waals surface area (Å²) in [6.07, 6.45) is 1.58. The lowest BCUT2D eigenvalue weighted by molar-refractivity contribution is -0.123. The van der Waals surface area contributed by atoms with Crippen molar-refractivity contribution in [3.8, 4) is 11.5 Å². The van der Waals surface area contributed by atoms with Gasteiger partial charge in [-0.3, -0.25) is 19.3 Å². The first kappa shape index (κ1) is 26.9. The second-order valence-electron chi connectivity index (χ2n) is 7.72. The minimum Gasteiger partial charge on any atom is -0.493 e. The van der Waals surface area contributed by atoms with Crippen LogP contribution in [0.15, 0.2) is 65.6 Å². The fourth-order valence-electron chi connectivity index (χ4n) is 3.40. The number of carbonyl (C=O) groups is 3. The van der Waals surface area contributed by atoms with E-state index in [9.17, 15) is 14.4 Å². The number of methoxy groups -OCH3 is 1. The predicted molar refractivity (Wildman–Crippen MR) is 147 cm³/mol. The maximum atomic E-state index is 12.9. The van der Waals surface area contributed by atoms with E-state index in [-0.39, 0.29) is 24.0 Å². The number of ether oxygens (including phenoxy) is 2. The Labute approximate surface area is 232 Å². The van der Waals surface area contributed by atoms with Crippen LogP contribution in [-0.2, 0) is 16.1 Å². The van der Waals surface area contributed by atoms with Gasteiger partial charge in [0.05, 0.1) is 18.6 Å². The van der Waals surface area contributed by atoms with Crippen molar-refractivity contribution >= 4 is 75.4 Å². The standard InChI is InChI=1S/C26H19Cl3N2O5S/c1-35-22-11-15(5-10-21(22)36-14-24(32)30-17-8-6-16(27)7-9-17)12-23-25(33)31(26(34)37-23)13-18-19(28)3-2-4-20(18)29/h2-12H,13-14H2,1H3,(H,30,32)/b23-12-. The number of carbonyl (C=O) groups excluding carboxylic acids is 3. The minimum absolute atomic E-state index is 0.0330. The zero-order valence-corrected chi connectivity index (χ0v) is 22.4. The summed E-state index contributed by atoms with van der Waals surface area (Å²) >= 11 is 19.1. The van der Waals surface area contributed by atoms with Crippen molar-refractivity contribution in [2.45, 2.75) is 6.54 Å². The first-order valence-electron chi connectivity index (χ1n) is 10.8. The van der Waals surface area contributed by atoms with Gasteiger partial charge in [-0.15, -0.1) is 0 Å². The molecule has 0 aliphatic carbocycles. The third kappa shape index (κ3) is 6.59. The minimum atomic E-state index is -0.454. The molecule has 1 aliphatic rings. The van der Waals surface area contributed by atoms with Gasteiger partial charge in [0.25, 0.3) is 17.1 Å². The molecule has 1 aliphatic heterocycles. The SMILES string of the molecule is COc1cc(/C=C2\SC(=O)N(Cc3c(Cl)cccc3Cl)C2=O)ccc1OCC(=O)Nc1ccc(Cl)cc1. The molecule has 0 unspecified atom stereocenters. The number of anilines is 1. The quantitative estimate of drug-likeness (QED) is 0.293. The predicted octanol–water partition coefficient (Wildman–Crippen LogP) is 6.91.